The Hall–Kier alpha value is -2.19. The van der Waals surface area contributed by atoms with Gasteiger partial charge in [0.25, 0.3) is 10.0 Å². The van der Waals surface area contributed by atoms with Crippen molar-refractivity contribution in [2.24, 2.45) is 0 Å². The minimum atomic E-state index is -3.80. The zero-order chi connectivity index (χ0) is 17.9. The summed E-state index contributed by atoms with van der Waals surface area (Å²) in [6.45, 7) is 1.68. The minimum Gasteiger partial charge on any atom is -0.497 e. The number of hydrogen-bond acceptors (Lipinski definition) is 5. The maximum absolute atomic E-state index is 12.6. The van der Waals surface area contributed by atoms with Crippen LogP contribution in [0.15, 0.2) is 46.2 Å². The molecule has 2 N–H and O–H groups in total. The van der Waals surface area contributed by atoms with Crippen molar-refractivity contribution in [3.05, 3.63) is 47.5 Å². The molecule has 2 aromatic carbocycles. The Kier molecular flexibility index (Phi) is 5.40. The summed E-state index contributed by atoms with van der Waals surface area (Å²) < 4.78 is 32.9. The van der Waals surface area contributed by atoms with Gasteiger partial charge in [-0.25, -0.2) is 13.2 Å². The van der Waals surface area contributed by atoms with Gasteiger partial charge in [0.15, 0.2) is 0 Å². The van der Waals surface area contributed by atoms with E-state index in [1.54, 1.807) is 25.3 Å². The lowest BCUT2D eigenvalue weighted by Gasteiger charge is -2.14. The van der Waals surface area contributed by atoms with Crippen LogP contribution < -0.4 is 9.46 Å². The summed E-state index contributed by atoms with van der Waals surface area (Å²) >= 11 is 1.26. The number of thioether (sulfide) groups is 1. The highest BCUT2D eigenvalue weighted by atomic mass is 32.2. The van der Waals surface area contributed by atoms with Crippen LogP contribution in [0, 0.1) is 6.92 Å². The summed E-state index contributed by atoms with van der Waals surface area (Å²) in [5.41, 5.74) is 0.986. The highest BCUT2D eigenvalue weighted by Crippen LogP contribution is 2.30. The molecule has 0 bridgehead atoms. The first-order valence-electron chi connectivity index (χ1n) is 6.87. The molecule has 0 aromatic heterocycles. The van der Waals surface area contributed by atoms with Gasteiger partial charge in [0.1, 0.15) is 5.75 Å². The molecule has 128 valence electrons. The molecule has 2 aromatic rings. The summed E-state index contributed by atoms with van der Waals surface area (Å²) in [5, 5.41) is 9.03. The molecule has 0 saturated carbocycles. The third-order valence-corrected chi connectivity index (χ3v) is 5.67. The smallest absolute Gasteiger partial charge is 0.335 e. The van der Waals surface area contributed by atoms with E-state index in [1.807, 2.05) is 0 Å². The number of carboxylic acid groups (broad SMARTS) is 1. The van der Waals surface area contributed by atoms with E-state index in [-0.39, 0.29) is 10.5 Å². The number of nitrogens with one attached hydrogen (secondary N) is 1. The molecule has 0 fully saturated rings. The van der Waals surface area contributed by atoms with Gasteiger partial charge in [-0.3, -0.25) is 4.72 Å². The molecular formula is C16H17NO5S2. The van der Waals surface area contributed by atoms with Crippen LogP contribution in [-0.2, 0) is 10.0 Å². The van der Waals surface area contributed by atoms with E-state index in [1.165, 1.54) is 43.1 Å². The van der Waals surface area contributed by atoms with Gasteiger partial charge in [-0.1, -0.05) is 0 Å². The fourth-order valence-corrected chi connectivity index (χ4v) is 4.11. The van der Waals surface area contributed by atoms with Crippen LogP contribution in [0.3, 0.4) is 0 Å². The minimum absolute atomic E-state index is 0.0999. The third kappa shape index (κ3) is 3.82. The predicted octanol–water partition coefficient (Wildman–Crippen LogP) is 3.22. The number of hydrogen-bond donors (Lipinski definition) is 2. The number of anilines is 1. The fraction of sp³-hybridized carbons (Fsp3) is 0.188. The van der Waals surface area contributed by atoms with Crippen LogP contribution in [0.1, 0.15) is 15.9 Å². The molecule has 0 aliphatic carbocycles. The molecule has 2 rings (SSSR count). The summed E-state index contributed by atoms with van der Waals surface area (Å²) in [4.78, 5) is 11.7. The van der Waals surface area contributed by atoms with Crippen LogP contribution in [-0.4, -0.2) is 32.9 Å². The molecule has 0 radical (unpaired) electrons. The normalized spacial score (nSPS) is 11.1. The standard InChI is InChI=1S/C16H17NO5S2/c1-10-8-12(22-2)5-7-15(10)24(20,21)17-13-6-4-11(16(18)19)9-14(13)23-3/h4-9,17H,1-3H3,(H,18,19). The predicted molar refractivity (Wildman–Crippen MR) is 93.7 cm³/mol. The largest absolute Gasteiger partial charge is 0.497 e. The maximum Gasteiger partial charge on any atom is 0.335 e. The lowest BCUT2D eigenvalue weighted by atomic mass is 10.2. The molecule has 6 nitrogen and oxygen atoms in total. The van der Waals surface area contributed by atoms with Crippen LogP contribution in [0.4, 0.5) is 5.69 Å². The van der Waals surface area contributed by atoms with E-state index in [0.717, 1.165) is 0 Å². The molecule has 0 saturated heterocycles. The van der Waals surface area contributed by atoms with Crippen molar-refractivity contribution in [2.45, 2.75) is 16.7 Å². The zero-order valence-electron chi connectivity index (χ0n) is 13.4. The number of ether oxygens (including phenoxy) is 1. The number of rotatable bonds is 6. The molecule has 0 aliphatic rings. The lowest BCUT2D eigenvalue weighted by molar-refractivity contribution is 0.0696. The molecule has 0 unspecified atom stereocenters. The van der Waals surface area contributed by atoms with Crippen LogP contribution in [0.25, 0.3) is 0 Å². The van der Waals surface area contributed by atoms with E-state index < -0.39 is 16.0 Å². The van der Waals surface area contributed by atoms with Gasteiger partial charge in [-0.05, 0) is 55.1 Å². The summed E-state index contributed by atoms with van der Waals surface area (Å²) in [6.07, 6.45) is 1.75. The monoisotopic (exact) mass is 367 g/mol. The highest BCUT2D eigenvalue weighted by molar-refractivity contribution is 7.99. The first-order chi connectivity index (χ1) is 11.3. The van der Waals surface area contributed by atoms with Gasteiger partial charge in [0, 0.05) is 4.90 Å². The topological polar surface area (TPSA) is 92.7 Å². The van der Waals surface area contributed by atoms with Gasteiger partial charge in [0.05, 0.1) is 23.3 Å². The van der Waals surface area contributed by atoms with E-state index in [0.29, 0.717) is 21.9 Å². The molecule has 0 heterocycles. The van der Waals surface area contributed by atoms with Gasteiger partial charge < -0.3 is 9.84 Å². The Bertz CT molecular complexity index is 878. The Morgan fingerprint density at radius 3 is 2.46 bits per heavy atom. The first kappa shape index (κ1) is 18.2. The molecular weight excluding hydrogens is 350 g/mol. The van der Waals surface area contributed by atoms with Crippen molar-refractivity contribution in [1.82, 2.24) is 0 Å². The van der Waals surface area contributed by atoms with Crippen LogP contribution in [0.2, 0.25) is 0 Å². The second kappa shape index (κ2) is 7.14. The highest BCUT2D eigenvalue weighted by Gasteiger charge is 2.19. The van der Waals surface area contributed by atoms with Crippen molar-refractivity contribution in [3.63, 3.8) is 0 Å². The Balaban J connectivity index is 2.41. The zero-order valence-corrected chi connectivity index (χ0v) is 15.0. The van der Waals surface area contributed by atoms with Crippen molar-refractivity contribution in [1.29, 1.82) is 0 Å². The number of aryl methyl sites for hydroxylation is 1. The van der Waals surface area contributed by atoms with Crippen molar-refractivity contribution in [2.75, 3.05) is 18.1 Å². The first-order valence-corrected chi connectivity index (χ1v) is 9.58. The second-order valence-electron chi connectivity index (χ2n) is 4.96. The van der Waals surface area contributed by atoms with Gasteiger partial charge >= 0.3 is 5.97 Å². The maximum atomic E-state index is 12.6. The molecule has 24 heavy (non-hydrogen) atoms. The van der Waals surface area contributed by atoms with E-state index >= 15 is 0 Å². The number of carboxylic acids is 1. The molecule has 8 heteroatoms. The molecule has 0 spiro atoms. The van der Waals surface area contributed by atoms with E-state index in [4.69, 9.17) is 9.84 Å². The fourth-order valence-electron chi connectivity index (χ4n) is 2.16. The number of carbonyl (C=O) groups is 1. The van der Waals surface area contributed by atoms with Crippen molar-refractivity contribution >= 4 is 33.4 Å². The van der Waals surface area contributed by atoms with Crippen molar-refractivity contribution in [3.8, 4) is 5.75 Å². The van der Waals surface area contributed by atoms with E-state index in [9.17, 15) is 13.2 Å². The van der Waals surface area contributed by atoms with E-state index in [2.05, 4.69) is 4.72 Å². The Morgan fingerprint density at radius 2 is 1.92 bits per heavy atom. The summed E-state index contributed by atoms with van der Waals surface area (Å²) in [6, 6.07) is 8.93. The Morgan fingerprint density at radius 1 is 1.21 bits per heavy atom. The summed E-state index contributed by atoms with van der Waals surface area (Å²) in [5.74, 6) is -0.493. The Labute approximate surface area is 144 Å². The number of sulfonamides is 1. The van der Waals surface area contributed by atoms with Gasteiger partial charge in [-0.2, -0.15) is 0 Å². The van der Waals surface area contributed by atoms with Crippen molar-refractivity contribution < 1.29 is 23.1 Å². The van der Waals surface area contributed by atoms with Gasteiger partial charge in [0.2, 0.25) is 0 Å². The number of benzene rings is 2. The van der Waals surface area contributed by atoms with Gasteiger partial charge in [-0.15, -0.1) is 11.8 Å². The van der Waals surface area contributed by atoms with Crippen LogP contribution >= 0.6 is 11.8 Å². The average molecular weight is 367 g/mol. The molecule has 0 amide bonds. The van der Waals surface area contributed by atoms with Crippen LogP contribution in [0.5, 0.6) is 5.75 Å². The second-order valence-corrected chi connectivity index (χ2v) is 7.46. The number of methoxy groups -OCH3 is 1. The molecule has 0 atom stereocenters. The SMILES string of the molecule is COc1ccc(S(=O)(=O)Nc2ccc(C(=O)O)cc2SC)c(C)c1. The quantitative estimate of drug-likeness (QED) is 0.762. The lowest BCUT2D eigenvalue weighted by Crippen LogP contribution is -2.15. The molecule has 0 aliphatic heterocycles. The third-order valence-electron chi connectivity index (χ3n) is 3.36. The summed E-state index contributed by atoms with van der Waals surface area (Å²) in [7, 11) is -2.29. The average Bonchev–Trinajstić information content (AvgIpc) is 2.54. The number of aromatic carboxylic acids is 1.